The van der Waals surface area contributed by atoms with E-state index in [2.05, 4.69) is 18.4 Å². The van der Waals surface area contributed by atoms with Crippen LogP contribution in [0.3, 0.4) is 0 Å². The first-order valence-corrected chi connectivity index (χ1v) is 4.40. The molecule has 1 rings (SSSR count). The molecule has 0 saturated carbocycles. The molecule has 0 aliphatic carbocycles. The van der Waals surface area contributed by atoms with Crippen LogP contribution in [0.4, 0.5) is 0 Å². The molecule has 1 aliphatic rings. The monoisotopic (exact) mass is 133 g/mol. The highest BCUT2D eigenvalue weighted by atomic mass is 28.3. The molecule has 0 aromatic rings. The first-order chi connectivity index (χ1) is 3.88. The van der Waals surface area contributed by atoms with Crippen LogP contribution in [0.2, 0.25) is 0 Å². The molecule has 0 radical (unpaired) electrons. The van der Waals surface area contributed by atoms with Gasteiger partial charge in [-0.05, 0) is 13.1 Å². The molecule has 0 N–H and O–H groups in total. The van der Waals surface area contributed by atoms with E-state index in [1.54, 1.807) is 0 Å². The Bertz CT molecular complexity index is 72.4. The van der Waals surface area contributed by atoms with Gasteiger partial charge in [-0.1, -0.05) is 13.8 Å². The van der Waals surface area contributed by atoms with E-state index in [1.807, 2.05) is 0 Å². The van der Waals surface area contributed by atoms with Gasteiger partial charge in [0.05, 0.1) is 0 Å². The van der Waals surface area contributed by atoms with Crippen LogP contribution in [0.15, 0.2) is 0 Å². The number of rotatable bonds is 3. The minimum absolute atomic E-state index is 1.05. The van der Waals surface area contributed by atoms with Gasteiger partial charge in [-0.25, -0.2) is 9.15 Å². The van der Waals surface area contributed by atoms with Crippen LogP contribution in [0.1, 0.15) is 13.8 Å². The molecule has 0 amide bonds. The predicted molar refractivity (Wildman–Crippen MR) is 32.2 cm³/mol. The Balaban J connectivity index is 2.15. The lowest BCUT2D eigenvalue weighted by molar-refractivity contribution is 0.0850. The SMILES string of the molecule is CCN(CC)[SiH]1OO1. The third-order valence-electron chi connectivity index (χ3n) is 1.29. The lowest BCUT2D eigenvalue weighted by Gasteiger charge is -2.08. The van der Waals surface area contributed by atoms with Crippen LogP contribution < -0.4 is 0 Å². The van der Waals surface area contributed by atoms with E-state index in [0.717, 1.165) is 13.1 Å². The Morgan fingerprint density at radius 3 is 1.88 bits per heavy atom. The van der Waals surface area contributed by atoms with Crippen molar-refractivity contribution in [2.24, 2.45) is 0 Å². The fraction of sp³-hybridized carbons (Fsp3) is 1.00. The summed E-state index contributed by atoms with van der Waals surface area (Å²) in [5.74, 6) is 0. The lowest BCUT2D eigenvalue weighted by atomic mass is 10.7. The largest absolute Gasteiger partial charge is 0.471 e. The summed E-state index contributed by atoms with van der Waals surface area (Å²) < 4.78 is 11.7. The smallest absolute Gasteiger partial charge is 0.280 e. The van der Waals surface area contributed by atoms with Crippen LogP contribution in [-0.2, 0) is 9.15 Å². The summed E-state index contributed by atoms with van der Waals surface area (Å²) in [7, 11) is -1.20. The predicted octanol–water partition coefficient (Wildman–Crippen LogP) is 0.00720. The summed E-state index contributed by atoms with van der Waals surface area (Å²) in [4.78, 5) is 0. The standard InChI is InChI=1S/C4H11NO2Si/c1-3-5(4-2)8-6-7-8/h8H,3-4H2,1-2H3. The average molecular weight is 133 g/mol. The zero-order valence-corrected chi connectivity index (χ0v) is 6.41. The maximum absolute atomic E-state index is 4.72. The second-order valence-electron chi connectivity index (χ2n) is 1.72. The van der Waals surface area contributed by atoms with Crippen LogP contribution in [0.25, 0.3) is 0 Å². The minimum atomic E-state index is -1.20. The molecule has 0 bridgehead atoms. The molecule has 4 heteroatoms. The third-order valence-corrected chi connectivity index (χ3v) is 2.98. The van der Waals surface area contributed by atoms with Crippen LogP contribution in [-0.4, -0.2) is 27.1 Å². The molecule has 48 valence electrons. The molecule has 1 saturated heterocycles. The highest BCUT2D eigenvalue weighted by molar-refractivity contribution is 6.46. The number of hydrogen-bond donors (Lipinski definition) is 0. The van der Waals surface area contributed by atoms with Gasteiger partial charge in [0, 0.05) is 0 Å². The Morgan fingerprint density at radius 2 is 1.75 bits per heavy atom. The van der Waals surface area contributed by atoms with Gasteiger partial charge >= 0.3 is 9.45 Å². The highest BCUT2D eigenvalue weighted by Crippen LogP contribution is 2.10. The van der Waals surface area contributed by atoms with E-state index in [1.165, 1.54) is 0 Å². The van der Waals surface area contributed by atoms with Crippen molar-refractivity contribution in [1.29, 1.82) is 0 Å². The van der Waals surface area contributed by atoms with E-state index >= 15 is 0 Å². The molecule has 8 heavy (non-hydrogen) atoms. The van der Waals surface area contributed by atoms with Crippen molar-refractivity contribution in [3.8, 4) is 0 Å². The number of hydrogen-bond acceptors (Lipinski definition) is 3. The minimum Gasteiger partial charge on any atom is -0.280 e. The van der Waals surface area contributed by atoms with Crippen molar-refractivity contribution < 1.29 is 9.15 Å². The van der Waals surface area contributed by atoms with Gasteiger partial charge in [-0.3, -0.25) is 4.57 Å². The summed E-state index contributed by atoms with van der Waals surface area (Å²) in [5, 5.41) is 0. The molecule has 3 nitrogen and oxygen atoms in total. The van der Waals surface area contributed by atoms with E-state index < -0.39 is 9.45 Å². The van der Waals surface area contributed by atoms with Gasteiger partial charge in [0.1, 0.15) is 0 Å². The molecule has 0 aromatic carbocycles. The third kappa shape index (κ3) is 1.29. The Labute approximate surface area is 51.0 Å². The second kappa shape index (κ2) is 2.59. The van der Waals surface area contributed by atoms with Crippen molar-refractivity contribution in [1.82, 2.24) is 4.57 Å². The summed E-state index contributed by atoms with van der Waals surface area (Å²) in [6.45, 7) is 6.32. The molecular weight excluding hydrogens is 122 g/mol. The van der Waals surface area contributed by atoms with Crippen molar-refractivity contribution in [3.63, 3.8) is 0 Å². The van der Waals surface area contributed by atoms with E-state index in [4.69, 9.17) is 9.15 Å². The summed E-state index contributed by atoms with van der Waals surface area (Å²) in [6.07, 6.45) is 0. The Morgan fingerprint density at radius 1 is 1.25 bits per heavy atom. The first-order valence-electron chi connectivity index (χ1n) is 2.94. The van der Waals surface area contributed by atoms with E-state index in [9.17, 15) is 0 Å². The molecule has 1 heterocycles. The molecule has 0 spiro atoms. The summed E-state index contributed by atoms with van der Waals surface area (Å²) >= 11 is 0. The second-order valence-corrected chi connectivity index (χ2v) is 3.45. The van der Waals surface area contributed by atoms with Gasteiger partial charge in [-0.15, -0.1) is 0 Å². The first kappa shape index (κ1) is 6.22. The quantitative estimate of drug-likeness (QED) is 0.308. The Kier molecular flexibility index (Phi) is 2.01. The van der Waals surface area contributed by atoms with Gasteiger partial charge < -0.3 is 0 Å². The van der Waals surface area contributed by atoms with Gasteiger partial charge in [0.25, 0.3) is 0 Å². The summed E-state index contributed by atoms with van der Waals surface area (Å²) in [6, 6.07) is 0. The molecule has 0 aromatic heterocycles. The molecule has 1 fully saturated rings. The lowest BCUT2D eigenvalue weighted by Crippen LogP contribution is -2.29. The Hall–Kier alpha value is 0.0969. The number of nitrogens with zero attached hydrogens (tertiary/aromatic N) is 1. The fourth-order valence-electron chi connectivity index (χ4n) is 0.668. The molecule has 0 unspecified atom stereocenters. The van der Waals surface area contributed by atoms with Crippen molar-refractivity contribution in [3.05, 3.63) is 0 Å². The normalized spacial score (nSPS) is 19.9. The maximum atomic E-state index is 4.72. The van der Waals surface area contributed by atoms with Crippen molar-refractivity contribution in [2.75, 3.05) is 13.1 Å². The molecular formula is C4H11NO2Si. The van der Waals surface area contributed by atoms with E-state index in [0.29, 0.717) is 0 Å². The van der Waals surface area contributed by atoms with Crippen LogP contribution >= 0.6 is 0 Å². The van der Waals surface area contributed by atoms with Crippen molar-refractivity contribution >= 4 is 9.45 Å². The fourth-order valence-corrected chi connectivity index (χ4v) is 1.71. The van der Waals surface area contributed by atoms with E-state index in [-0.39, 0.29) is 0 Å². The highest BCUT2D eigenvalue weighted by Gasteiger charge is 2.35. The van der Waals surface area contributed by atoms with Crippen LogP contribution in [0, 0.1) is 0 Å². The zero-order valence-electron chi connectivity index (χ0n) is 5.26. The van der Waals surface area contributed by atoms with Crippen molar-refractivity contribution in [2.45, 2.75) is 13.8 Å². The zero-order chi connectivity index (χ0) is 5.98. The van der Waals surface area contributed by atoms with Gasteiger partial charge in [0.2, 0.25) is 0 Å². The summed E-state index contributed by atoms with van der Waals surface area (Å²) in [5.41, 5.74) is 0. The average Bonchev–Trinajstić information content (AvgIpc) is 2.53. The van der Waals surface area contributed by atoms with Gasteiger partial charge in [-0.2, -0.15) is 0 Å². The molecule has 0 atom stereocenters. The maximum Gasteiger partial charge on any atom is 0.471 e. The molecule has 1 aliphatic heterocycles. The van der Waals surface area contributed by atoms with Crippen LogP contribution in [0.5, 0.6) is 0 Å². The van der Waals surface area contributed by atoms with Gasteiger partial charge in [0.15, 0.2) is 0 Å². The topological polar surface area (TPSA) is 28.3 Å².